The zero-order valence-corrected chi connectivity index (χ0v) is 8.23. The van der Waals surface area contributed by atoms with Crippen molar-refractivity contribution in [3.63, 3.8) is 0 Å². The van der Waals surface area contributed by atoms with Crippen molar-refractivity contribution >= 4 is 24.2 Å². The zero-order chi connectivity index (χ0) is 7.45. The highest BCUT2D eigenvalue weighted by Gasteiger charge is 2.30. The quantitative estimate of drug-likeness (QED) is 0.683. The lowest BCUT2D eigenvalue weighted by Crippen LogP contribution is -2.42. The van der Waals surface area contributed by atoms with E-state index >= 15 is 0 Å². The normalized spacial score (nSPS) is 30.2. The van der Waals surface area contributed by atoms with Gasteiger partial charge in [-0.25, -0.2) is 0 Å². The third kappa shape index (κ3) is 2.55. The summed E-state index contributed by atoms with van der Waals surface area (Å²) in [6.45, 7) is 3.97. The van der Waals surface area contributed by atoms with Gasteiger partial charge in [0, 0.05) is 18.8 Å². The summed E-state index contributed by atoms with van der Waals surface area (Å²) in [6.07, 6.45) is 0.946. The number of halogens is 1. The molecule has 1 N–H and O–H groups in total. The van der Waals surface area contributed by atoms with E-state index in [0.29, 0.717) is 0 Å². The standard InChI is InChI=1S/C7H12N2S.ClH/c1-2-7(5-8)6-9-3-4-10-7;/h9H,2-4,6H2,1H3;1H. The molecule has 0 aromatic carbocycles. The third-order valence-corrected chi connectivity index (χ3v) is 3.33. The van der Waals surface area contributed by atoms with Gasteiger partial charge in [0.1, 0.15) is 4.75 Å². The van der Waals surface area contributed by atoms with Gasteiger partial charge in [-0.2, -0.15) is 5.26 Å². The monoisotopic (exact) mass is 192 g/mol. The Kier molecular flexibility index (Phi) is 4.91. The van der Waals surface area contributed by atoms with Crippen molar-refractivity contribution in [2.24, 2.45) is 0 Å². The second kappa shape index (κ2) is 4.87. The van der Waals surface area contributed by atoms with Gasteiger partial charge in [0.05, 0.1) is 6.07 Å². The summed E-state index contributed by atoms with van der Waals surface area (Å²) in [7, 11) is 0. The van der Waals surface area contributed by atoms with E-state index in [1.807, 2.05) is 0 Å². The molecule has 1 aliphatic rings. The number of nitriles is 1. The first kappa shape index (κ1) is 11.1. The minimum absolute atomic E-state index is 0. The van der Waals surface area contributed by atoms with Crippen molar-refractivity contribution in [3.05, 3.63) is 0 Å². The van der Waals surface area contributed by atoms with E-state index in [0.717, 1.165) is 25.3 Å². The summed E-state index contributed by atoms with van der Waals surface area (Å²) in [5.74, 6) is 1.07. The molecule has 0 aliphatic carbocycles. The Morgan fingerprint density at radius 2 is 2.45 bits per heavy atom. The first-order chi connectivity index (χ1) is 4.83. The molecule has 1 rings (SSSR count). The molecule has 1 saturated heterocycles. The predicted octanol–water partition coefficient (Wildman–Crippen LogP) is 1.42. The van der Waals surface area contributed by atoms with Crippen LogP contribution in [0.1, 0.15) is 13.3 Å². The van der Waals surface area contributed by atoms with Crippen molar-refractivity contribution in [2.45, 2.75) is 18.1 Å². The van der Waals surface area contributed by atoms with E-state index in [2.05, 4.69) is 18.3 Å². The summed E-state index contributed by atoms with van der Waals surface area (Å²) in [5, 5.41) is 12.1. The Hall–Kier alpha value is 0.0900. The van der Waals surface area contributed by atoms with Gasteiger partial charge in [-0.1, -0.05) is 6.92 Å². The number of hydrogen-bond acceptors (Lipinski definition) is 3. The van der Waals surface area contributed by atoms with Crippen molar-refractivity contribution in [3.8, 4) is 6.07 Å². The van der Waals surface area contributed by atoms with E-state index in [1.54, 1.807) is 11.8 Å². The summed E-state index contributed by atoms with van der Waals surface area (Å²) >= 11 is 1.79. The lowest BCUT2D eigenvalue weighted by atomic mass is 10.1. The van der Waals surface area contributed by atoms with Gasteiger partial charge in [0.15, 0.2) is 0 Å². The Morgan fingerprint density at radius 1 is 1.73 bits per heavy atom. The Bertz CT molecular complexity index is 149. The molecule has 0 amide bonds. The summed E-state index contributed by atoms with van der Waals surface area (Å²) in [5.41, 5.74) is 0. The van der Waals surface area contributed by atoms with Gasteiger partial charge in [0.2, 0.25) is 0 Å². The SMILES string of the molecule is CCC1(C#N)CNCCS1.Cl. The van der Waals surface area contributed by atoms with Crippen LogP contribution >= 0.6 is 24.2 Å². The van der Waals surface area contributed by atoms with Gasteiger partial charge in [-0.15, -0.1) is 24.2 Å². The third-order valence-electron chi connectivity index (χ3n) is 1.84. The number of nitrogens with one attached hydrogen (secondary N) is 1. The average molecular weight is 193 g/mol. The molecular formula is C7H13ClN2S. The van der Waals surface area contributed by atoms with Crippen LogP contribution in [0.15, 0.2) is 0 Å². The number of thioether (sulfide) groups is 1. The topological polar surface area (TPSA) is 35.8 Å². The lowest BCUT2D eigenvalue weighted by Gasteiger charge is -2.29. The number of hydrogen-bond donors (Lipinski definition) is 1. The maximum atomic E-state index is 8.83. The van der Waals surface area contributed by atoms with Crippen LogP contribution < -0.4 is 5.32 Å². The van der Waals surface area contributed by atoms with Crippen LogP contribution in [0.5, 0.6) is 0 Å². The molecule has 2 nitrogen and oxygen atoms in total. The van der Waals surface area contributed by atoms with E-state index < -0.39 is 0 Å². The maximum Gasteiger partial charge on any atom is 0.114 e. The van der Waals surface area contributed by atoms with E-state index in [1.165, 1.54) is 0 Å². The van der Waals surface area contributed by atoms with Crippen LogP contribution in [-0.2, 0) is 0 Å². The second-order valence-electron chi connectivity index (χ2n) is 2.48. The molecule has 0 radical (unpaired) electrons. The summed E-state index contributed by atoms with van der Waals surface area (Å²) in [6, 6.07) is 2.37. The van der Waals surface area contributed by atoms with Gasteiger partial charge < -0.3 is 5.32 Å². The van der Waals surface area contributed by atoms with Crippen molar-refractivity contribution < 1.29 is 0 Å². The van der Waals surface area contributed by atoms with Gasteiger partial charge >= 0.3 is 0 Å². The molecule has 1 aliphatic heterocycles. The zero-order valence-electron chi connectivity index (χ0n) is 6.59. The van der Waals surface area contributed by atoms with Gasteiger partial charge in [-0.05, 0) is 6.42 Å². The molecule has 1 unspecified atom stereocenters. The number of rotatable bonds is 1. The molecule has 1 atom stereocenters. The smallest absolute Gasteiger partial charge is 0.114 e. The number of nitrogens with zero attached hydrogens (tertiary/aromatic N) is 1. The van der Waals surface area contributed by atoms with E-state index in [9.17, 15) is 0 Å². The Morgan fingerprint density at radius 3 is 2.73 bits per heavy atom. The van der Waals surface area contributed by atoms with E-state index in [4.69, 9.17) is 5.26 Å². The Balaban J connectivity index is 0.000001000. The average Bonchev–Trinajstić information content (AvgIpc) is 2.06. The largest absolute Gasteiger partial charge is 0.313 e. The Labute approximate surface area is 78.1 Å². The second-order valence-corrected chi connectivity index (χ2v) is 3.96. The van der Waals surface area contributed by atoms with Crippen LogP contribution in [-0.4, -0.2) is 23.6 Å². The molecule has 1 heterocycles. The lowest BCUT2D eigenvalue weighted by molar-refractivity contribution is 0.587. The first-order valence-corrected chi connectivity index (χ1v) is 4.57. The summed E-state index contributed by atoms with van der Waals surface area (Å²) < 4.78 is -0.127. The molecule has 0 spiro atoms. The van der Waals surface area contributed by atoms with E-state index in [-0.39, 0.29) is 17.2 Å². The van der Waals surface area contributed by atoms with Crippen molar-refractivity contribution in [1.82, 2.24) is 5.32 Å². The van der Waals surface area contributed by atoms with Crippen LogP contribution in [0, 0.1) is 11.3 Å². The van der Waals surface area contributed by atoms with Crippen LogP contribution in [0.4, 0.5) is 0 Å². The molecule has 0 aromatic heterocycles. The van der Waals surface area contributed by atoms with Crippen LogP contribution in [0.25, 0.3) is 0 Å². The van der Waals surface area contributed by atoms with Crippen molar-refractivity contribution in [2.75, 3.05) is 18.8 Å². The van der Waals surface area contributed by atoms with Crippen LogP contribution in [0.2, 0.25) is 0 Å². The molecular weight excluding hydrogens is 180 g/mol. The fourth-order valence-corrected chi connectivity index (χ4v) is 2.15. The molecule has 64 valence electrons. The minimum atomic E-state index is -0.127. The fourth-order valence-electron chi connectivity index (χ4n) is 1.04. The predicted molar refractivity (Wildman–Crippen MR) is 51.2 cm³/mol. The molecule has 4 heteroatoms. The molecule has 0 aromatic rings. The molecule has 0 bridgehead atoms. The molecule has 0 saturated carbocycles. The first-order valence-electron chi connectivity index (χ1n) is 3.59. The highest BCUT2D eigenvalue weighted by Crippen LogP contribution is 2.29. The van der Waals surface area contributed by atoms with Crippen molar-refractivity contribution in [1.29, 1.82) is 5.26 Å². The fraction of sp³-hybridized carbons (Fsp3) is 0.857. The minimum Gasteiger partial charge on any atom is -0.313 e. The highest BCUT2D eigenvalue weighted by atomic mass is 35.5. The summed E-state index contributed by atoms with van der Waals surface area (Å²) in [4.78, 5) is 0. The van der Waals surface area contributed by atoms with Gasteiger partial charge in [0.25, 0.3) is 0 Å². The van der Waals surface area contributed by atoms with Gasteiger partial charge in [-0.3, -0.25) is 0 Å². The maximum absolute atomic E-state index is 8.83. The highest BCUT2D eigenvalue weighted by molar-refractivity contribution is 8.01. The van der Waals surface area contributed by atoms with Crippen LogP contribution in [0.3, 0.4) is 0 Å². The molecule has 11 heavy (non-hydrogen) atoms. The molecule has 1 fully saturated rings.